The maximum absolute atomic E-state index is 10.8. The van der Waals surface area contributed by atoms with Crippen LogP contribution in [0.15, 0.2) is 24.3 Å². The average Bonchev–Trinajstić information content (AvgIpc) is 2.09. The Morgan fingerprint density at radius 3 is 2.38 bits per heavy atom. The molecule has 1 rings (SSSR count). The molecular formula is C8H11ClN2O2. The van der Waals surface area contributed by atoms with Crippen molar-refractivity contribution in [1.82, 2.24) is 0 Å². The van der Waals surface area contributed by atoms with Gasteiger partial charge in [0.05, 0.1) is 6.54 Å². The number of phenols is 1. The molecular weight excluding hydrogens is 192 g/mol. The minimum atomic E-state index is -0.249. The van der Waals surface area contributed by atoms with Crippen molar-refractivity contribution >= 4 is 24.0 Å². The summed E-state index contributed by atoms with van der Waals surface area (Å²) in [5.41, 5.74) is 5.72. The third-order valence-electron chi connectivity index (χ3n) is 1.34. The average molecular weight is 203 g/mol. The lowest BCUT2D eigenvalue weighted by atomic mass is 10.3. The van der Waals surface area contributed by atoms with Gasteiger partial charge in [0.25, 0.3) is 0 Å². The monoisotopic (exact) mass is 202 g/mol. The van der Waals surface area contributed by atoms with Crippen LogP contribution in [0.25, 0.3) is 0 Å². The topological polar surface area (TPSA) is 75.4 Å². The molecule has 0 bridgehead atoms. The van der Waals surface area contributed by atoms with Crippen LogP contribution in [0.3, 0.4) is 0 Å². The van der Waals surface area contributed by atoms with E-state index in [1.165, 1.54) is 12.1 Å². The quantitative estimate of drug-likeness (QED) is 0.619. The van der Waals surface area contributed by atoms with Crippen LogP contribution in [-0.2, 0) is 4.79 Å². The van der Waals surface area contributed by atoms with Gasteiger partial charge >= 0.3 is 0 Å². The van der Waals surface area contributed by atoms with Crippen LogP contribution in [0.1, 0.15) is 0 Å². The molecule has 0 saturated carbocycles. The normalized spacial score (nSPS) is 8.69. The first-order chi connectivity index (χ1) is 5.72. The maximum atomic E-state index is 10.8. The summed E-state index contributed by atoms with van der Waals surface area (Å²) in [5, 5.41) is 11.5. The third-order valence-corrected chi connectivity index (χ3v) is 1.34. The number of rotatable bonds is 2. The molecule has 1 aromatic rings. The predicted molar refractivity (Wildman–Crippen MR) is 53.0 cm³/mol. The molecule has 4 nitrogen and oxygen atoms in total. The van der Waals surface area contributed by atoms with Gasteiger partial charge in [-0.2, -0.15) is 0 Å². The van der Waals surface area contributed by atoms with Gasteiger partial charge in [0.1, 0.15) is 5.75 Å². The summed E-state index contributed by atoms with van der Waals surface area (Å²) in [7, 11) is 0. The number of benzene rings is 1. The molecule has 13 heavy (non-hydrogen) atoms. The van der Waals surface area contributed by atoms with E-state index < -0.39 is 0 Å². The highest BCUT2D eigenvalue weighted by molar-refractivity contribution is 5.92. The molecule has 0 unspecified atom stereocenters. The van der Waals surface area contributed by atoms with E-state index in [0.717, 1.165) is 0 Å². The van der Waals surface area contributed by atoms with Crippen molar-refractivity contribution in [3.8, 4) is 5.75 Å². The van der Waals surface area contributed by atoms with Gasteiger partial charge in [-0.15, -0.1) is 12.4 Å². The Kier molecular flexibility index (Phi) is 4.87. The number of nitrogens with one attached hydrogen (secondary N) is 1. The minimum absolute atomic E-state index is 0. The van der Waals surface area contributed by atoms with Crippen molar-refractivity contribution in [2.75, 3.05) is 11.9 Å². The molecule has 0 atom stereocenters. The SMILES string of the molecule is Cl.NCC(=O)Nc1ccc(O)cc1. The second-order valence-corrected chi connectivity index (χ2v) is 2.30. The largest absolute Gasteiger partial charge is 0.508 e. The first-order valence-electron chi connectivity index (χ1n) is 3.51. The summed E-state index contributed by atoms with van der Waals surface area (Å²) in [6, 6.07) is 6.18. The molecule has 0 spiro atoms. The number of hydrogen-bond acceptors (Lipinski definition) is 3. The number of carbonyl (C=O) groups excluding carboxylic acids is 1. The van der Waals surface area contributed by atoms with Gasteiger partial charge in [-0.05, 0) is 24.3 Å². The second kappa shape index (κ2) is 5.40. The summed E-state index contributed by atoms with van der Waals surface area (Å²) in [5.74, 6) is -0.0820. The molecule has 0 radical (unpaired) electrons. The molecule has 4 N–H and O–H groups in total. The van der Waals surface area contributed by atoms with E-state index in [1.54, 1.807) is 12.1 Å². The lowest BCUT2D eigenvalue weighted by molar-refractivity contribution is -0.114. The van der Waals surface area contributed by atoms with E-state index in [1.807, 2.05) is 0 Å². The van der Waals surface area contributed by atoms with Crippen LogP contribution in [0.4, 0.5) is 5.69 Å². The van der Waals surface area contributed by atoms with Gasteiger partial charge in [-0.25, -0.2) is 0 Å². The molecule has 0 saturated heterocycles. The molecule has 0 fully saturated rings. The molecule has 0 heterocycles. The van der Waals surface area contributed by atoms with Crippen LogP contribution in [0, 0.1) is 0 Å². The Bertz CT molecular complexity index is 274. The highest BCUT2D eigenvalue weighted by Gasteiger charge is 1.97. The minimum Gasteiger partial charge on any atom is -0.508 e. The number of anilines is 1. The standard InChI is InChI=1S/C8H10N2O2.ClH/c9-5-8(12)10-6-1-3-7(11)4-2-6;/h1-4,11H,5,9H2,(H,10,12);1H. The Labute approximate surface area is 82.2 Å². The summed E-state index contributed by atoms with van der Waals surface area (Å²) in [6.45, 7) is -0.0408. The van der Waals surface area contributed by atoms with Gasteiger partial charge in [0, 0.05) is 5.69 Å². The van der Waals surface area contributed by atoms with Crippen molar-refractivity contribution in [3.05, 3.63) is 24.3 Å². The van der Waals surface area contributed by atoms with Crippen LogP contribution in [0.2, 0.25) is 0 Å². The van der Waals surface area contributed by atoms with Crippen LogP contribution >= 0.6 is 12.4 Å². The van der Waals surface area contributed by atoms with E-state index in [0.29, 0.717) is 5.69 Å². The Hall–Kier alpha value is -1.26. The number of halogens is 1. The van der Waals surface area contributed by atoms with Crippen LogP contribution in [-0.4, -0.2) is 17.6 Å². The first-order valence-corrected chi connectivity index (χ1v) is 3.51. The van der Waals surface area contributed by atoms with Gasteiger partial charge < -0.3 is 16.2 Å². The lowest BCUT2D eigenvalue weighted by Crippen LogP contribution is -2.21. The van der Waals surface area contributed by atoms with E-state index >= 15 is 0 Å². The number of nitrogens with two attached hydrogens (primary N) is 1. The fourth-order valence-corrected chi connectivity index (χ4v) is 0.757. The van der Waals surface area contributed by atoms with E-state index in [9.17, 15) is 4.79 Å². The van der Waals surface area contributed by atoms with Gasteiger partial charge in [-0.3, -0.25) is 4.79 Å². The van der Waals surface area contributed by atoms with Crippen molar-refractivity contribution in [2.45, 2.75) is 0 Å². The van der Waals surface area contributed by atoms with Gasteiger partial charge in [0.15, 0.2) is 0 Å². The first kappa shape index (κ1) is 11.7. The second-order valence-electron chi connectivity index (χ2n) is 2.30. The maximum Gasteiger partial charge on any atom is 0.238 e. The summed E-state index contributed by atoms with van der Waals surface area (Å²) in [6.07, 6.45) is 0. The number of amides is 1. The molecule has 0 aliphatic carbocycles. The predicted octanol–water partition coefficient (Wildman–Crippen LogP) is 0.711. The van der Waals surface area contributed by atoms with Crippen LogP contribution in [0.5, 0.6) is 5.75 Å². The molecule has 1 amide bonds. The highest BCUT2D eigenvalue weighted by atomic mass is 35.5. The van der Waals surface area contributed by atoms with Gasteiger partial charge in [0.2, 0.25) is 5.91 Å². The lowest BCUT2D eigenvalue weighted by Gasteiger charge is -2.02. The number of hydrogen-bond donors (Lipinski definition) is 3. The smallest absolute Gasteiger partial charge is 0.238 e. The zero-order valence-electron chi connectivity index (χ0n) is 6.86. The number of phenolic OH excluding ortho intramolecular Hbond substituents is 1. The summed E-state index contributed by atoms with van der Waals surface area (Å²) < 4.78 is 0. The zero-order chi connectivity index (χ0) is 8.97. The molecule has 0 aliphatic heterocycles. The van der Waals surface area contributed by atoms with Crippen molar-refractivity contribution < 1.29 is 9.90 Å². The molecule has 1 aromatic carbocycles. The number of aromatic hydroxyl groups is 1. The van der Waals surface area contributed by atoms with Gasteiger partial charge in [-0.1, -0.05) is 0 Å². The van der Waals surface area contributed by atoms with Crippen molar-refractivity contribution in [2.24, 2.45) is 5.73 Å². The van der Waals surface area contributed by atoms with Crippen molar-refractivity contribution in [3.63, 3.8) is 0 Å². The zero-order valence-corrected chi connectivity index (χ0v) is 7.67. The van der Waals surface area contributed by atoms with E-state index in [2.05, 4.69) is 5.32 Å². The summed E-state index contributed by atoms with van der Waals surface area (Å²) in [4.78, 5) is 10.8. The Morgan fingerprint density at radius 2 is 1.92 bits per heavy atom. The van der Waals surface area contributed by atoms with Crippen molar-refractivity contribution in [1.29, 1.82) is 0 Å². The Balaban J connectivity index is 0.00000144. The third kappa shape index (κ3) is 3.78. The molecule has 72 valence electrons. The molecule has 0 aromatic heterocycles. The fraction of sp³-hybridized carbons (Fsp3) is 0.125. The molecule has 5 heteroatoms. The molecule has 0 aliphatic rings. The number of carbonyl (C=O) groups is 1. The van der Waals surface area contributed by atoms with E-state index in [-0.39, 0.29) is 30.6 Å². The van der Waals surface area contributed by atoms with E-state index in [4.69, 9.17) is 10.8 Å². The Morgan fingerprint density at radius 1 is 1.38 bits per heavy atom. The van der Waals surface area contributed by atoms with Crippen LogP contribution < -0.4 is 11.1 Å². The summed E-state index contributed by atoms with van der Waals surface area (Å²) >= 11 is 0. The fourth-order valence-electron chi connectivity index (χ4n) is 0.757. The highest BCUT2D eigenvalue weighted by Crippen LogP contribution is 2.13.